The van der Waals surface area contributed by atoms with Crippen LogP contribution in [-0.2, 0) is 0 Å². The van der Waals surface area contributed by atoms with Crippen LogP contribution < -0.4 is 4.74 Å². The van der Waals surface area contributed by atoms with Crippen molar-refractivity contribution in [3.63, 3.8) is 0 Å². The van der Waals surface area contributed by atoms with E-state index in [-0.39, 0.29) is 11.7 Å². The van der Waals surface area contributed by atoms with Crippen LogP contribution in [0.25, 0.3) is 0 Å². The van der Waals surface area contributed by atoms with Crippen LogP contribution in [0, 0.1) is 17.6 Å². The second kappa shape index (κ2) is 6.69. The number of rotatable bonds is 4. The fraction of sp³-hybridized carbons (Fsp3) is 0.412. The summed E-state index contributed by atoms with van der Waals surface area (Å²) in [6.07, 6.45) is 8.66. The van der Waals surface area contributed by atoms with Crippen molar-refractivity contribution >= 4 is 0 Å². The highest BCUT2D eigenvalue weighted by atomic mass is 19.2. The third kappa shape index (κ3) is 3.09. The molecule has 108 valence electrons. The summed E-state index contributed by atoms with van der Waals surface area (Å²) in [6, 6.07) is 3.16. The molecule has 0 bridgehead atoms. The van der Waals surface area contributed by atoms with Gasteiger partial charge >= 0.3 is 0 Å². The topological polar surface area (TPSA) is 9.23 Å². The van der Waals surface area contributed by atoms with E-state index in [0.717, 1.165) is 25.7 Å². The quantitative estimate of drug-likeness (QED) is 0.534. The molecule has 0 N–H and O–H groups in total. The molecule has 0 radical (unpaired) electrons. The Morgan fingerprint density at radius 2 is 1.85 bits per heavy atom. The van der Waals surface area contributed by atoms with Crippen molar-refractivity contribution in [1.29, 1.82) is 0 Å². The molecule has 0 spiro atoms. The van der Waals surface area contributed by atoms with E-state index in [1.807, 2.05) is 6.08 Å². The zero-order valence-electron chi connectivity index (χ0n) is 11.7. The van der Waals surface area contributed by atoms with Gasteiger partial charge in [0.2, 0.25) is 5.82 Å². The van der Waals surface area contributed by atoms with Gasteiger partial charge in [-0.05, 0) is 56.1 Å². The lowest BCUT2D eigenvalue weighted by molar-refractivity contribution is 0.359. The Hall–Kier alpha value is -1.64. The molecular formula is C17H20F2O. The van der Waals surface area contributed by atoms with E-state index < -0.39 is 11.6 Å². The molecular weight excluding hydrogens is 258 g/mol. The normalized spacial score (nSPS) is 22.9. The molecule has 1 fully saturated rings. The average molecular weight is 278 g/mol. The van der Waals surface area contributed by atoms with Crippen LogP contribution in [0.15, 0.2) is 37.1 Å². The molecule has 0 saturated heterocycles. The highest BCUT2D eigenvalue weighted by molar-refractivity contribution is 5.33. The van der Waals surface area contributed by atoms with Gasteiger partial charge in [-0.3, -0.25) is 0 Å². The van der Waals surface area contributed by atoms with Crippen LogP contribution in [0.5, 0.6) is 5.75 Å². The van der Waals surface area contributed by atoms with Gasteiger partial charge in [0.1, 0.15) is 0 Å². The van der Waals surface area contributed by atoms with E-state index >= 15 is 0 Å². The van der Waals surface area contributed by atoms with Gasteiger partial charge in [0.25, 0.3) is 0 Å². The Labute approximate surface area is 119 Å². The SMILES string of the molecule is C=CC1CCC(c2ccc(OC=CC)c(F)c2F)CC1. The molecule has 0 aromatic heterocycles. The molecule has 1 nitrogen and oxygen atoms in total. The molecule has 1 aromatic carbocycles. The molecule has 0 amide bonds. The predicted molar refractivity (Wildman–Crippen MR) is 76.7 cm³/mol. The maximum absolute atomic E-state index is 14.2. The molecule has 3 heteroatoms. The summed E-state index contributed by atoms with van der Waals surface area (Å²) in [5, 5.41) is 0. The number of allylic oxidation sites excluding steroid dienone is 2. The summed E-state index contributed by atoms with van der Waals surface area (Å²) in [5.74, 6) is -1.13. The van der Waals surface area contributed by atoms with Crippen molar-refractivity contribution in [3.05, 3.63) is 54.3 Å². The summed E-state index contributed by atoms with van der Waals surface area (Å²) in [7, 11) is 0. The zero-order valence-corrected chi connectivity index (χ0v) is 11.7. The van der Waals surface area contributed by atoms with E-state index in [9.17, 15) is 8.78 Å². The molecule has 2 rings (SSSR count). The van der Waals surface area contributed by atoms with E-state index in [1.165, 1.54) is 12.3 Å². The molecule has 1 aromatic rings. The highest BCUT2D eigenvalue weighted by Crippen LogP contribution is 2.38. The van der Waals surface area contributed by atoms with Gasteiger partial charge in [-0.15, -0.1) is 6.58 Å². The van der Waals surface area contributed by atoms with Gasteiger partial charge in [0.15, 0.2) is 11.6 Å². The van der Waals surface area contributed by atoms with Crippen LogP contribution >= 0.6 is 0 Å². The Morgan fingerprint density at radius 3 is 2.45 bits per heavy atom. The molecule has 0 aliphatic heterocycles. The smallest absolute Gasteiger partial charge is 0.201 e. The Morgan fingerprint density at radius 1 is 1.15 bits per heavy atom. The van der Waals surface area contributed by atoms with Crippen molar-refractivity contribution in [2.75, 3.05) is 0 Å². The van der Waals surface area contributed by atoms with Gasteiger partial charge in [-0.25, -0.2) is 4.39 Å². The van der Waals surface area contributed by atoms with Crippen molar-refractivity contribution in [2.45, 2.75) is 38.5 Å². The first-order valence-electron chi connectivity index (χ1n) is 7.05. The van der Waals surface area contributed by atoms with Crippen LogP contribution in [0.4, 0.5) is 8.78 Å². The standard InChI is InChI=1S/C17H20F2O/c1-3-11-20-15-10-9-14(16(18)17(15)19)13-7-5-12(4-2)6-8-13/h3-4,9-13H,2,5-8H2,1H3. The summed E-state index contributed by atoms with van der Waals surface area (Å²) in [6.45, 7) is 5.55. The zero-order chi connectivity index (χ0) is 14.5. The minimum atomic E-state index is -0.897. The molecule has 0 atom stereocenters. The second-order valence-corrected chi connectivity index (χ2v) is 5.22. The van der Waals surface area contributed by atoms with Crippen molar-refractivity contribution in [3.8, 4) is 5.75 Å². The minimum Gasteiger partial charge on any atom is -0.462 e. The molecule has 20 heavy (non-hydrogen) atoms. The predicted octanol–water partition coefficient (Wildman–Crippen LogP) is 5.34. The number of hydrogen-bond donors (Lipinski definition) is 0. The molecule has 1 aliphatic carbocycles. The highest BCUT2D eigenvalue weighted by Gasteiger charge is 2.25. The van der Waals surface area contributed by atoms with Gasteiger partial charge in [0.05, 0.1) is 6.26 Å². The lowest BCUT2D eigenvalue weighted by Gasteiger charge is -2.27. The third-order valence-corrected chi connectivity index (χ3v) is 3.95. The molecule has 0 heterocycles. The Kier molecular flexibility index (Phi) is 4.94. The van der Waals surface area contributed by atoms with E-state index in [1.54, 1.807) is 19.1 Å². The first-order valence-corrected chi connectivity index (χ1v) is 7.05. The van der Waals surface area contributed by atoms with Crippen LogP contribution in [0.2, 0.25) is 0 Å². The van der Waals surface area contributed by atoms with Gasteiger partial charge in [-0.2, -0.15) is 4.39 Å². The summed E-state index contributed by atoms with van der Waals surface area (Å²) in [5.41, 5.74) is 0.470. The first-order chi connectivity index (χ1) is 9.67. The van der Waals surface area contributed by atoms with Gasteiger partial charge in [0, 0.05) is 0 Å². The third-order valence-electron chi connectivity index (χ3n) is 3.95. The summed E-state index contributed by atoms with van der Waals surface area (Å²) >= 11 is 0. The number of ether oxygens (including phenoxy) is 1. The average Bonchev–Trinajstić information content (AvgIpc) is 2.49. The molecule has 1 aliphatic rings. The number of halogens is 2. The molecule has 1 saturated carbocycles. The summed E-state index contributed by atoms with van der Waals surface area (Å²) in [4.78, 5) is 0. The van der Waals surface area contributed by atoms with Crippen molar-refractivity contribution < 1.29 is 13.5 Å². The van der Waals surface area contributed by atoms with Crippen molar-refractivity contribution in [2.24, 2.45) is 5.92 Å². The minimum absolute atomic E-state index is 0.0656. The lowest BCUT2D eigenvalue weighted by atomic mass is 9.78. The first kappa shape index (κ1) is 14.8. The van der Waals surface area contributed by atoms with Gasteiger partial charge in [-0.1, -0.05) is 18.2 Å². The summed E-state index contributed by atoms with van der Waals surface area (Å²) < 4.78 is 33.1. The largest absolute Gasteiger partial charge is 0.462 e. The Balaban J connectivity index is 2.17. The van der Waals surface area contributed by atoms with E-state index in [4.69, 9.17) is 4.74 Å². The van der Waals surface area contributed by atoms with Crippen LogP contribution in [-0.4, -0.2) is 0 Å². The second-order valence-electron chi connectivity index (χ2n) is 5.22. The van der Waals surface area contributed by atoms with Crippen molar-refractivity contribution in [1.82, 2.24) is 0 Å². The van der Waals surface area contributed by atoms with Crippen LogP contribution in [0.1, 0.15) is 44.1 Å². The Bertz CT molecular complexity index is 500. The number of hydrogen-bond acceptors (Lipinski definition) is 1. The fourth-order valence-corrected chi connectivity index (χ4v) is 2.76. The van der Waals surface area contributed by atoms with E-state index in [0.29, 0.717) is 11.5 Å². The van der Waals surface area contributed by atoms with E-state index in [2.05, 4.69) is 6.58 Å². The number of benzene rings is 1. The fourth-order valence-electron chi connectivity index (χ4n) is 2.76. The van der Waals surface area contributed by atoms with Gasteiger partial charge < -0.3 is 4.74 Å². The van der Waals surface area contributed by atoms with Crippen LogP contribution in [0.3, 0.4) is 0 Å². The monoisotopic (exact) mass is 278 g/mol. The lowest BCUT2D eigenvalue weighted by Crippen LogP contribution is -2.13. The maximum atomic E-state index is 14.2. The maximum Gasteiger partial charge on any atom is 0.201 e. The molecule has 0 unspecified atom stereocenters.